The Bertz CT molecular complexity index is 424. The molecule has 0 saturated carbocycles. The summed E-state index contributed by atoms with van der Waals surface area (Å²) in [7, 11) is 0. The van der Waals surface area contributed by atoms with Crippen LogP contribution in [0.1, 0.15) is 31.4 Å². The maximum absolute atomic E-state index is 9.93. The van der Waals surface area contributed by atoms with Crippen LogP contribution in [0.25, 0.3) is 0 Å². The van der Waals surface area contributed by atoms with Crippen molar-refractivity contribution in [1.82, 2.24) is 5.32 Å². The van der Waals surface area contributed by atoms with Gasteiger partial charge in [0.05, 0.1) is 25.4 Å². The second kappa shape index (κ2) is 8.71. The Morgan fingerprint density at radius 1 is 1.48 bits per heavy atom. The summed E-state index contributed by atoms with van der Waals surface area (Å²) in [5.74, 6) is 0. The molecular formula is C16H24ClNO3. The topological polar surface area (TPSA) is 50.7 Å². The van der Waals surface area contributed by atoms with Crippen LogP contribution in [0.4, 0.5) is 0 Å². The number of halogens is 1. The van der Waals surface area contributed by atoms with Crippen LogP contribution in [0, 0.1) is 0 Å². The molecule has 2 rings (SSSR count). The first kappa shape index (κ1) is 16.7. The highest BCUT2D eigenvalue weighted by Gasteiger charge is 2.16. The Morgan fingerprint density at radius 3 is 3.00 bits per heavy atom. The highest BCUT2D eigenvalue weighted by atomic mass is 35.5. The zero-order valence-electron chi connectivity index (χ0n) is 12.4. The van der Waals surface area contributed by atoms with Gasteiger partial charge in [-0.2, -0.15) is 0 Å². The molecule has 0 aromatic heterocycles. The summed E-state index contributed by atoms with van der Waals surface area (Å²) < 4.78 is 11.0. The average molecular weight is 314 g/mol. The van der Waals surface area contributed by atoms with Crippen LogP contribution in [0.15, 0.2) is 24.3 Å². The van der Waals surface area contributed by atoms with E-state index in [1.165, 1.54) is 0 Å². The molecule has 2 unspecified atom stereocenters. The van der Waals surface area contributed by atoms with Crippen molar-refractivity contribution in [2.45, 2.75) is 38.0 Å². The molecule has 1 aromatic carbocycles. The second-order valence-electron chi connectivity index (χ2n) is 5.48. The number of hydrogen-bond acceptors (Lipinski definition) is 4. The summed E-state index contributed by atoms with van der Waals surface area (Å²) in [6.45, 7) is 4.21. The summed E-state index contributed by atoms with van der Waals surface area (Å²) in [5.41, 5.74) is 1.03. The molecule has 1 saturated heterocycles. The standard InChI is InChI=1S/C16H24ClNO3/c1-12(15-6-2-3-7-16(15)17)18-9-13(19)10-20-11-14-5-4-8-21-14/h2-3,6-7,12-14,18-19H,4-5,8-11H2,1H3/t12-,13?,14?/m0/s1. The fourth-order valence-electron chi connectivity index (χ4n) is 2.42. The number of nitrogens with one attached hydrogen (secondary N) is 1. The van der Waals surface area contributed by atoms with Crippen molar-refractivity contribution in [3.8, 4) is 0 Å². The lowest BCUT2D eigenvalue weighted by molar-refractivity contribution is -0.0168. The van der Waals surface area contributed by atoms with Gasteiger partial charge in [-0.1, -0.05) is 29.8 Å². The van der Waals surface area contributed by atoms with Crippen LogP contribution in [-0.2, 0) is 9.47 Å². The van der Waals surface area contributed by atoms with Gasteiger partial charge in [-0.3, -0.25) is 0 Å². The minimum atomic E-state index is -0.531. The van der Waals surface area contributed by atoms with E-state index in [4.69, 9.17) is 21.1 Å². The van der Waals surface area contributed by atoms with Gasteiger partial charge in [0.1, 0.15) is 0 Å². The third-order valence-electron chi connectivity index (χ3n) is 3.67. The van der Waals surface area contributed by atoms with Crippen LogP contribution in [0.3, 0.4) is 0 Å². The lowest BCUT2D eigenvalue weighted by Crippen LogP contribution is -2.33. The number of benzene rings is 1. The molecular weight excluding hydrogens is 290 g/mol. The molecule has 0 spiro atoms. The predicted octanol–water partition coefficient (Wildman–Crippen LogP) is 2.55. The van der Waals surface area contributed by atoms with Crippen LogP contribution in [0.5, 0.6) is 0 Å². The molecule has 21 heavy (non-hydrogen) atoms. The molecule has 1 aliphatic rings. The number of hydrogen-bond donors (Lipinski definition) is 2. The van der Waals surface area contributed by atoms with E-state index in [0.29, 0.717) is 19.8 Å². The van der Waals surface area contributed by atoms with E-state index in [0.717, 1.165) is 30.0 Å². The summed E-state index contributed by atoms with van der Waals surface area (Å²) in [4.78, 5) is 0. The molecule has 4 nitrogen and oxygen atoms in total. The Balaban J connectivity index is 1.63. The summed E-state index contributed by atoms with van der Waals surface area (Å²) in [6, 6.07) is 7.81. The highest BCUT2D eigenvalue weighted by Crippen LogP contribution is 2.21. The molecule has 1 aliphatic heterocycles. The van der Waals surface area contributed by atoms with Crippen molar-refractivity contribution in [2.75, 3.05) is 26.4 Å². The normalized spacial score (nSPS) is 21.4. The van der Waals surface area contributed by atoms with Gasteiger partial charge in [0.25, 0.3) is 0 Å². The minimum Gasteiger partial charge on any atom is -0.389 e. The third-order valence-corrected chi connectivity index (χ3v) is 4.01. The lowest BCUT2D eigenvalue weighted by Gasteiger charge is -2.19. The molecule has 0 amide bonds. The molecule has 0 bridgehead atoms. The van der Waals surface area contributed by atoms with Crippen LogP contribution in [-0.4, -0.2) is 43.7 Å². The Morgan fingerprint density at radius 2 is 2.29 bits per heavy atom. The van der Waals surface area contributed by atoms with Crippen molar-refractivity contribution in [1.29, 1.82) is 0 Å². The second-order valence-corrected chi connectivity index (χ2v) is 5.88. The third kappa shape index (κ3) is 5.57. The number of ether oxygens (including phenoxy) is 2. The Labute approximate surface area is 131 Å². The molecule has 118 valence electrons. The first-order valence-corrected chi connectivity index (χ1v) is 7.90. The van der Waals surface area contributed by atoms with Crippen molar-refractivity contribution in [2.24, 2.45) is 0 Å². The smallest absolute Gasteiger partial charge is 0.0897 e. The van der Waals surface area contributed by atoms with Gasteiger partial charge >= 0.3 is 0 Å². The van der Waals surface area contributed by atoms with Gasteiger partial charge in [0.2, 0.25) is 0 Å². The van der Waals surface area contributed by atoms with E-state index in [1.807, 2.05) is 31.2 Å². The Kier molecular flexibility index (Phi) is 6.93. The SMILES string of the molecule is C[C@H](NCC(O)COCC1CCCO1)c1ccccc1Cl. The molecule has 2 N–H and O–H groups in total. The van der Waals surface area contributed by atoms with E-state index < -0.39 is 6.10 Å². The molecule has 0 aliphatic carbocycles. The molecule has 1 aromatic rings. The molecule has 5 heteroatoms. The van der Waals surface area contributed by atoms with Gasteiger partial charge in [-0.15, -0.1) is 0 Å². The van der Waals surface area contributed by atoms with E-state index in [2.05, 4.69) is 5.32 Å². The van der Waals surface area contributed by atoms with Crippen molar-refractivity contribution in [3.63, 3.8) is 0 Å². The van der Waals surface area contributed by atoms with Crippen LogP contribution in [0.2, 0.25) is 5.02 Å². The predicted molar refractivity (Wildman–Crippen MR) is 83.7 cm³/mol. The monoisotopic (exact) mass is 313 g/mol. The summed E-state index contributed by atoms with van der Waals surface area (Å²) in [6.07, 6.45) is 1.83. The number of aliphatic hydroxyl groups is 1. The highest BCUT2D eigenvalue weighted by molar-refractivity contribution is 6.31. The van der Waals surface area contributed by atoms with Gasteiger partial charge in [-0.25, -0.2) is 0 Å². The maximum Gasteiger partial charge on any atom is 0.0897 e. The van der Waals surface area contributed by atoms with Gasteiger partial charge < -0.3 is 19.9 Å². The first-order valence-electron chi connectivity index (χ1n) is 7.52. The first-order chi connectivity index (χ1) is 10.2. The maximum atomic E-state index is 9.93. The molecule has 0 radical (unpaired) electrons. The number of rotatable bonds is 8. The van der Waals surface area contributed by atoms with Gasteiger partial charge in [0.15, 0.2) is 0 Å². The lowest BCUT2D eigenvalue weighted by atomic mass is 10.1. The van der Waals surface area contributed by atoms with Crippen molar-refractivity contribution < 1.29 is 14.6 Å². The fourth-order valence-corrected chi connectivity index (χ4v) is 2.72. The minimum absolute atomic E-state index is 0.0894. The van der Waals surface area contributed by atoms with Crippen LogP contribution >= 0.6 is 11.6 Å². The number of aliphatic hydroxyl groups excluding tert-OH is 1. The van der Waals surface area contributed by atoms with Crippen molar-refractivity contribution in [3.05, 3.63) is 34.9 Å². The average Bonchev–Trinajstić information content (AvgIpc) is 2.98. The van der Waals surface area contributed by atoms with E-state index in [9.17, 15) is 5.11 Å². The van der Waals surface area contributed by atoms with E-state index in [1.54, 1.807) is 0 Å². The molecule has 1 heterocycles. The van der Waals surface area contributed by atoms with Gasteiger partial charge in [-0.05, 0) is 31.4 Å². The van der Waals surface area contributed by atoms with Crippen LogP contribution < -0.4 is 5.32 Å². The zero-order valence-corrected chi connectivity index (χ0v) is 13.2. The van der Waals surface area contributed by atoms with E-state index in [-0.39, 0.29) is 12.1 Å². The molecule has 1 fully saturated rings. The van der Waals surface area contributed by atoms with Crippen molar-refractivity contribution >= 4 is 11.6 Å². The Hall–Kier alpha value is -0.650. The fraction of sp³-hybridized carbons (Fsp3) is 0.625. The summed E-state index contributed by atoms with van der Waals surface area (Å²) >= 11 is 6.15. The summed E-state index contributed by atoms with van der Waals surface area (Å²) in [5, 5.41) is 13.9. The van der Waals surface area contributed by atoms with E-state index >= 15 is 0 Å². The quantitative estimate of drug-likeness (QED) is 0.774. The zero-order chi connectivity index (χ0) is 15.1. The molecule has 3 atom stereocenters. The van der Waals surface area contributed by atoms with Gasteiger partial charge in [0, 0.05) is 24.2 Å². The largest absolute Gasteiger partial charge is 0.389 e.